The third-order valence-electron chi connectivity index (χ3n) is 4.64. The number of amides is 2. The molecule has 2 fully saturated rings. The highest BCUT2D eigenvalue weighted by Crippen LogP contribution is 2.59. The molecule has 94 valence electrons. The van der Waals surface area contributed by atoms with E-state index in [2.05, 4.69) is 5.43 Å². The summed E-state index contributed by atoms with van der Waals surface area (Å²) in [6.45, 7) is 5.88. The Morgan fingerprint density at radius 1 is 1.47 bits per heavy atom. The van der Waals surface area contributed by atoms with Gasteiger partial charge in [-0.15, -0.1) is 0 Å². The molecule has 3 N–H and O–H groups in total. The topological polar surface area (TPSA) is 75.4 Å². The minimum atomic E-state index is -0.524. The van der Waals surface area contributed by atoms with Crippen LogP contribution in [0.5, 0.6) is 0 Å². The van der Waals surface area contributed by atoms with E-state index >= 15 is 0 Å². The Balaban J connectivity index is 2.42. The molecule has 1 aliphatic heterocycles. The van der Waals surface area contributed by atoms with Crippen LogP contribution in [-0.4, -0.2) is 21.9 Å². The first kappa shape index (κ1) is 12.3. The van der Waals surface area contributed by atoms with Gasteiger partial charge in [-0.2, -0.15) is 5.01 Å². The first-order chi connectivity index (χ1) is 7.72. The Labute approximate surface area is 106 Å². The van der Waals surface area contributed by atoms with Gasteiger partial charge in [-0.25, -0.2) is 0 Å². The lowest BCUT2D eigenvalue weighted by molar-refractivity contribution is -0.170. The Morgan fingerprint density at radius 3 is 2.59 bits per heavy atom. The molecule has 1 heterocycles. The second-order valence-electron chi connectivity index (χ2n) is 5.60. The molecule has 0 aromatic carbocycles. The average molecular weight is 255 g/mol. The molecule has 6 heteroatoms. The molecule has 2 bridgehead atoms. The fraction of sp³-hybridized carbons (Fsp3) is 0.727. The van der Waals surface area contributed by atoms with Crippen LogP contribution in [0.2, 0.25) is 0 Å². The molecular weight excluding hydrogens is 238 g/mol. The van der Waals surface area contributed by atoms with Gasteiger partial charge in [0, 0.05) is 5.92 Å². The number of carbonyl (C=O) groups is 2. The Bertz CT molecular complexity index is 421. The summed E-state index contributed by atoms with van der Waals surface area (Å²) in [4.78, 5) is 24.6. The molecule has 0 radical (unpaired) electrons. The zero-order chi connectivity index (χ0) is 13.0. The molecular formula is C11H17N3O2S. The summed E-state index contributed by atoms with van der Waals surface area (Å²) in [6, 6.07) is 0. The van der Waals surface area contributed by atoms with Crippen molar-refractivity contribution >= 4 is 29.1 Å². The molecule has 5 nitrogen and oxygen atoms in total. The average Bonchev–Trinajstić information content (AvgIpc) is 2.40. The van der Waals surface area contributed by atoms with Crippen molar-refractivity contribution in [2.75, 3.05) is 0 Å². The normalized spacial score (nSPS) is 35.0. The molecule has 17 heavy (non-hydrogen) atoms. The molecule has 1 aliphatic carbocycles. The van der Waals surface area contributed by atoms with Gasteiger partial charge >= 0.3 is 0 Å². The SMILES string of the molecule is CC1(C)[C@@H]2CC[C@]1(C)C(=O)N(NC(N)=S)C2=O. The lowest BCUT2D eigenvalue weighted by Gasteiger charge is -2.47. The molecule has 0 aromatic rings. The zero-order valence-corrected chi connectivity index (χ0v) is 11.1. The van der Waals surface area contributed by atoms with E-state index in [-0.39, 0.29) is 28.3 Å². The van der Waals surface area contributed by atoms with Crippen LogP contribution in [0.1, 0.15) is 33.6 Å². The van der Waals surface area contributed by atoms with Gasteiger partial charge in [-0.05, 0) is 30.5 Å². The highest BCUT2D eigenvalue weighted by molar-refractivity contribution is 7.80. The van der Waals surface area contributed by atoms with Gasteiger partial charge in [0.2, 0.25) is 0 Å². The van der Waals surface area contributed by atoms with Crippen LogP contribution in [0, 0.1) is 16.7 Å². The lowest BCUT2D eigenvalue weighted by atomic mass is 9.63. The minimum Gasteiger partial charge on any atom is -0.375 e. The van der Waals surface area contributed by atoms with Crippen LogP contribution >= 0.6 is 12.2 Å². The van der Waals surface area contributed by atoms with E-state index in [9.17, 15) is 9.59 Å². The predicted molar refractivity (Wildman–Crippen MR) is 66.4 cm³/mol. The van der Waals surface area contributed by atoms with Crippen molar-refractivity contribution in [3.8, 4) is 0 Å². The minimum absolute atomic E-state index is 0.0607. The summed E-state index contributed by atoms with van der Waals surface area (Å²) in [5.41, 5.74) is 7.00. The van der Waals surface area contributed by atoms with E-state index in [1.807, 2.05) is 20.8 Å². The Kier molecular flexibility index (Phi) is 2.47. The number of nitrogens with zero attached hydrogens (tertiary/aromatic N) is 1. The number of nitrogens with one attached hydrogen (secondary N) is 1. The van der Waals surface area contributed by atoms with Gasteiger partial charge < -0.3 is 5.73 Å². The van der Waals surface area contributed by atoms with Crippen molar-refractivity contribution in [1.82, 2.24) is 10.4 Å². The van der Waals surface area contributed by atoms with E-state index in [4.69, 9.17) is 18.0 Å². The molecule has 1 saturated heterocycles. The summed E-state index contributed by atoms with van der Waals surface area (Å²) in [5, 5.41) is 0.944. The van der Waals surface area contributed by atoms with Crippen molar-refractivity contribution in [1.29, 1.82) is 0 Å². The smallest absolute Gasteiger partial charge is 0.254 e. The summed E-state index contributed by atoms with van der Waals surface area (Å²) in [6.07, 6.45) is 1.47. The van der Waals surface area contributed by atoms with Crippen molar-refractivity contribution < 1.29 is 9.59 Å². The van der Waals surface area contributed by atoms with Gasteiger partial charge in [0.15, 0.2) is 5.11 Å². The van der Waals surface area contributed by atoms with Crippen LogP contribution < -0.4 is 11.2 Å². The van der Waals surface area contributed by atoms with E-state index in [1.54, 1.807) is 0 Å². The number of nitrogens with two attached hydrogens (primary N) is 1. The first-order valence-corrected chi connectivity index (χ1v) is 6.07. The van der Waals surface area contributed by atoms with E-state index in [0.717, 1.165) is 17.9 Å². The van der Waals surface area contributed by atoms with Crippen molar-refractivity contribution in [3.63, 3.8) is 0 Å². The molecule has 0 aromatic heterocycles. The van der Waals surface area contributed by atoms with E-state index in [1.165, 1.54) is 0 Å². The van der Waals surface area contributed by atoms with Gasteiger partial charge in [0.05, 0.1) is 5.41 Å². The van der Waals surface area contributed by atoms with E-state index < -0.39 is 5.41 Å². The number of thiocarbonyl (C=S) groups is 1. The maximum Gasteiger partial charge on any atom is 0.254 e. The zero-order valence-electron chi connectivity index (χ0n) is 10.2. The second kappa shape index (κ2) is 3.41. The number of piperidine rings is 1. The third kappa shape index (κ3) is 1.40. The number of hydrogen-bond acceptors (Lipinski definition) is 3. The van der Waals surface area contributed by atoms with Crippen molar-refractivity contribution in [2.45, 2.75) is 33.6 Å². The second-order valence-corrected chi connectivity index (χ2v) is 6.04. The predicted octanol–water partition coefficient (Wildman–Crippen LogP) is 0.546. The fourth-order valence-corrected chi connectivity index (χ4v) is 3.13. The van der Waals surface area contributed by atoms with Crippen LogP contribution in [0.25, 0.3) is 0 Å². The number of hydrazine groups is 1. The quantitative estimate of drug-likeness (QED) is 0.528. The Morgan fingerprint density at radius 2 is 2.06 bits per heavy atom. The lowest BCUT2D eigenvalue weighted by Crippen LogP contribution is -2.64. The summed E-state index contributed by atoms with van der Waals surface area (Å²) in [7, 11) is 0. The molecule has 0 unspecified atom stereocenters. The highest BCUT2D eigenvalue weighted by Gasteiger charge is 2.64. The third-order valence-corrected chi connectivity index (χ3v) is 4.73. The maximum absolute atomic E-state index is 12.4. The van der Waals surface area contributed by atoms with Gasteiger partial charge in [-0.1, -0.05) is 20.8 Å². The van der Waals surface area contributed by atoms with Crippen LogP contribution in [0.15, 0.2) is 0 Å². The molecule has 2 atom stereocenters. The molecule has 2 amide bonds. The van der Waals surface area contributed by atoms with Crippen LogP contribution in [0.4, 0.5) is 0 Å². The number of fused-ring (bicyclic) bond motifs is 2. The monoisotopic (exact) mass is 255 g/mol. The first-order valence-electron chi connectivity index (χ1n) is 5.66. The van der Waals surface area contributed by atoms with Gasteiger partial charge in [0.25, 0.3) is 11.8 Å². The fourth-order valence-electron chi connectivity index (χ4n) is 3.03. The summed E-state index contributed by atoms with van der Waals surface area (Å²) in [5.74, 6) is -0.594. The number of hydrogen-bond donors (Lipinski definition) is 2. The van der Waals surface area contributed by atoms with Crippen LogP contribution in [-0.2, 0) is 9.59 Å². The standard InChI is InChI=1S/C11H17N3O2S/c1-10(2)6-4-5-11(10,3)8(16)14(7(6)15)13-9(12)17/h6H,4-5H2,1-3H3,(H3,12,13,17)/t6-,11-/m1/s1. The van der Waals surface area contributed by atoms with Gasteiger partial charge in [-0.3, -0.25) is 15.0 Å². The van der Waals surface area contributed by atoms with E-state index in [0.29, 0.717) is 0 Å². The molecule has 0 spiro atoms. The number of imide groups is 1. The maximum atomic E-state index is 12.4. The number of rotatable bonds is 1. The summed E-state index contributed by atoms with van der Waals surface area (Å²) >= 11 is 4.69. The van der Waals surface area contributed by atoms with Gasteiger partial charge in [0.1, 0.15) is 0 Å². The van der Waals surface area contributed by atoms with Crippen molar-refractivity contribution in [3.05, 3.63) is 0 Å². The largest absolute Gasteiger partial charge is 0.375 e. The summed E-state index contributed by atoms with van der Waals surface area (Å²) < 4.78 is 0. The molecule has 1 saturated carbocycles. The van der Waals surface area contributed by atoms with Crippen LogP contribution in [0.3, 0.4) is 0 Å². The number of carbonyl (C=O) groups excluding carboxylic acids is 2. The van der Waals surface area contributed by atoms with Crippen molar-refractivity contribution in [2.24, 2.45) is 22.5 Å². The molecule has 2 rings (SSSR count). The Hall–Kier alpha value is -1.17. The highest BCUT2D eigenvalue weighted by atomic mass is 32.1. The molecule has 2 aliphatic rings.